The topological polar surface area (TPSA) is 104 Å². The standard InChI is InChI=1S/C11H20N2O5S/c1-11(2,12-19(3,17)18)10(16)13-6-4-5-8(7-13)9(14)15/h8,12H,4-7H2,1-3H3,(H,14,15). The molecule has 1 atom stereocenters. The smallest absolute Gasteiger partial charge is 0.308 e. The van der Waals surface area contributed by atoms with Gasteiger partial charge in [-0.25, -0.2) is 13.1 Å². The number of amides is 1. The summed E-state index contributed by atoms with van der Waals surface area (Å²) in [7, 11) is -3.51. The molecule has 0 bridgehead atoms. The summed E-state index contributed by atoms with van der Waals surface area (Å²) in [5, 5.41) is 8.98. The van der Waals surface area contributed by atoms with E-state index in [2.05, 4.69) is 4.72 Å². The lowest BCUT2D eigenvalue weighted by atomic mass is 9.96. The number of aliphatic carboxylic acids is 1. The van der Waals surface area contributed by atoms with Crippen molar-refractivity contribution >= 4 is 21.9 Å². The highest BCUT2D eigenvalue weighted by molar-refractivity contribution is 7.88. The van der Waals surface area contributed by atoms with Gasteiger partial charge in [-0.3, -0.25) is 9.59 Å². The summed E-state index contributed by atoms with van der Waals surface area (Å²) >= 11 is 0. The molecule has 1 fully saturated rings. The van der Waals surface area contributed by atoms with Crippen molar-refractivity contribution < 1.29 is 23.1 Å². The Morgan fingerprint density at radius 1 is 1.37 bits per heavy atom. The SMILES string of the molecule is CC(C)(NS(C)(=O)=O)C(=O)N1CCCC(C(=O)O)C1. The van der Waals surface area contributed by atoms with Crippen molar-refractivity contribution in [3.05, 3.63) is 0 Å². The first-order valence-electron chi connectivity index (χ1n) is 6.04. The largest absolute Gasteiger partial charge is 0.481 e. The van der Waals surface area contributed by atoms with E-state index in [4.69, 9.17) is 5.11 Å². The lowest BCUT2D eigenvalue weighted by Crippen LogP contribution is -2.57. The zero-order valence-electron chi connectivity index (χ0n) is 11.3. The van der Waals surface area contributed by atoms with Crippen molar-refractivity contribution in [2.45, 2.75) is 32.2 Å². The van der Waals surface area contributed by atoms with Crippen LogP contribution in [-0.2, 0) is 19.6 Å². The monoisotopic (exact) mass is 292 g/mol. The number of carbonyl (C=O) groups excluding carboxylic acids is 1. The molecule has 1 aliphatic heterocycles. The molecule has 0 radical (unpaired) electrons. The number of sulfonamides is 1. The lowest BCUT2D eigenvalue weighted by Gasteiger charge is -2.36. The van der Waals surface area contributed by atoms with Gasteiger partial charge in [0.05, 0.1) is 12.2 Å². The number of piperidine rings is 1. The predicted molar refractivity (Wildman–Crippen MR) is 69.0 cm³/mol. The highest BCUT2D eigenvalue weighted by atomic mass is 32.2. The molecule has 8 heteroatoms. The fourth-order valence-electron chi connectivity index (χ4n) is 2.27. The summed E-state index contributed by atoms with van der Waals surface area (Å²) < 4.78 is 24.7. The number of hydrogen-bond acceptors (Lipinski definition) is 4. The second-order valence-corrected chi connectivity index (χ2v) is 7.18. The van der Waals surface area contributed by atoms with Crippen molar-refractivity contribution in [1.82, 2.24) is 9.62 Å². The molecule has 2 N–H and O–H groups in total. The van der Waals surface area contributed by atoms with Crippen LogP contribution < -0.4 is 4.72 Å². The summed E-state index contributed by atoms with van der Waals surface area (Å²) in [6.07, 6.45) is 2.13. The maximum Gasteiger partial charge on any atom is 0.308 e. The van der Waals surface area contributed by atoms with E-state index in [1.54, 1.807) is 0 Å². The molecular formula is C11H20N2O5S. The molecule has 7 nitrogen and oxygen atoms in total. The fraction of sp³-hybridized carbons (Fsp3) is 0.818. The minimum absolute atomic E-state index is 0.128. The number of hydrogen-bond donors (Lipinski definition) is 2. The van der Waals surface area contributed by atoms with E-state index in [1.807, 2.05) is 0 Å². The van der Waals surface area contributed by atoms with Gasteiger partial charge in [0.15, 0.2) is 0 Å². The summed E-state index contributed by atoms with van der Waals surface area (Å²) in [5.74, 6) is -1.90. The Kier molecular flexibility index (Phi) is 4.57. The Hall–Kier alpha value is -1.15. The third kappa shape index (κ3) is 4.46. The molecule has 1 rings (SSSR count). The molecule has 110 valence electrons. The van der Waals surface area contributed by atoms with Crippen molar-refractivity contribution in [3.8, 4) is 0 Å². The molecule has 1 saturated heterocycles. The minimum Gasteiger partial charge on any atom is -0.481 e. The molecule has 1 heterocycles. The molecule has 0 spiro atoms. The first kappa shape index (κ1) is 15.9. The van der Waals surface area contributed by atoms with Gasteiger partial charge in [0, 0.05) is 13.1 Å². The average Bonchev–Trinajstić information content (AvgIpc) is 2.25. The van der Waals surface area contributed by atoms with Gasteiger partial charge in [-0.2, -0.15) is 0 Å². The zero-order valence-corrected chi connectivity index (χ0v) is 12.2. The second-order valence-electron chi connectivity index (χ2n) is 5.43. The second kappa shape index (κ2) is 5.46. The summed E-state index contributed by atoms with van der Waals surface area (Å²) in [6, 6.07) is 0. The highest BCUT2D eigenvalue weighted by Gasteiger charge is 2.37. The lowest BCUT2D eigenvalue weighted by molar-refractivity contribution is -0.147. The van der Waals surface area contributed by atoms with Crippen molar-refractivity contribution in [3.63, 3.8) is 0 Å². The number of likely N-dealkylation sites (tertiary alicyclic amines) is 1. The normalized spacial score (nSPS) is 21.2. The third-order valence-electron chi connectivity index (χ3n) is 3.03. The summed E-state index contributed by atoms with van der Waals surface area (Å²) in [5.41, 5.74) is -1.27. The Balaban J connectivity index is 2.79. The maximum atomic E-state index is 12.3. The Bertz CT molecular complexity index is 471. The molecule has 0 aromatic carbocycles. The number of carbonyl (C=O) groups is 2. The van der Waals surface area contributed by atoms with Gasteiger partial charge in [-0.15, -0.1) is 0 Å². The molecule has 0 aliphatic carbocycles. The van der Waals surface area contributed by atoms with Crippen molar-refractivity contribution in [2.24, 2.45) is 5.92 Å². The average molecular weight is 292 g/mol. The number of carboxylic acids is 1. The molecule has 1 unspecified atom stereocenters. The Morgan fingerprint density at radius 2 is 1.95 bits per heavy atom. The molecular weight excluding hydrogens is 272 g/mol. The van der Waals surface area contributed by atoms with E-state index in [0.29, 0.717) is 19.4 Å². The van der Waals surface area contributed by atoms with Gasteiger partial charge in [0.25, 0.3) is 0 Å². The number of carboxylic acid groups (broad SMARTS) is 1. The molecule has 0 aromatic heterocycles. The molecule has 0 saturated carbocycles. The van der Waals surface area contributed by atoms with Crippen LogP contribution in [0.2, 0.25) is 0 Å². The van der Waals surface area contributed by atoms with Gasteiger partial charge in [-0.1, -0.05) is 0 Å². The maximum absolute atomic E-state index is 12.3. The van der Waals surface area contributed by atoms with Crippen molar-refractivity contribution in [1.29, 1.82) is 0 Å². The van der Waals surface area contributed by atoms with E-state index in [-0.39, 0.29) is 6.54 Å². The number of nitrogens with zero attached hydrogens (tertiary/aromatic N) is 1. The van der Waals surface area contributed by atoms with E-state index in [1.165, 1.54) is 18.7 Å². The van der Waals surface area contributed by atoms with Crippen LogP contribution in [0.4, 0.5) is 0 Å². The third-order valence-corrected chi connectivity index (χ3v) is 3.91. The van der Waals surface area contributed by atoms with Gasteiger partial charge < -0.3 is 10.0 Å². The van der Waals surface area contributed by atoms with Crippen LogP contribution in [0, 0.1) is 5.92 Å². The van der Waals surface area contributed by atoms with E-state index >= 15 is 0 Å². The summed E-state index contributed by atoms with van der Waals surface area (Å²) in [4.78, 5) is 24.6. The van der Waals surface area contributed by atoms with Crippen LogP contribution in [0.1, 0.15) is 26.7 Å². The highest BCUT2D eigenvalue weighted by Crippen LogP contribution is 2.20. The van der Waals surface area contributed by atoms with Crippen LogP contribution in [0.5, 0.6) is 0 Å². The summed E-state index contributed by atoms with van der Waals surface area (Å²) in [6.45, 7) is 3.53. The van der Waals surface area contributed by atoms with E-state index < -0.39 is 33.4 Å². The van der Waals surface area contributed by atoms with Crippen LogP contribution in [-0.4, -0.2) is 55.2 Å². The van der Waals surface area contributed by atoms with Crippen LogP contribution in [0.3, 0.4) is 0 Å². The van der Waals surface area contributed by atoms with Crippen molar-refractivity contribution in [2.75, 3.05) is 19.3 Å². The van der Waals surface area contributed by atoms with E-state index in [9.17, 15) is 18.0 Å². The zero-order chi connectivity index (χ0) is 14.8. The molecule has 1 aliphatic rings. The van der Waals surface area contributed by atoms with Crippen LogP contribution in [0.25, 0.3) is 0 Å². The Labute approximate surface area is 113 Å². The predicted octanol–water partition coefficient (Wildman–Crippen LogP) is -0.363. The molecule has 19 heavy (non-hydrogen) atoms. The van der Waals surface area contributed by atoms with Gasteiger partial charge in [-0.05, 0) is 26.7 Å². The fourth-order valence-corrected chi connectivity index (χ4v) is 3.28. The minimum atomic E-state index is -3.51. The van der Waals surface area contributed by atoms with E-state index in [0.717, 1.165) is 6.26 Å². The first-order valence-corrected chi connectivity index (χ1v) is 7.93. The number of nitrogens with one attached hydrogen (secondary N) is 1. The Morgan fingerprint density at radius 3 is 2.42 bits per heavy atom. The van der Waals surface area contributed by atoms with Crippen LogP contribution >= 0.6 is 0 Å². The van der Waals surface area contributed by atoms with Crippen LogP contribution in [0.15, 0.2) is 0 Å². The number of rotatable bonds is 4. The molecule has 1 amide bonds. The van der Waals surface area contributed by atoms with Gasteiger partial charge >= 0.3 is 5.97 Å². The first-order chi connectivity index (χ1) is 8.53. The quantitative estimate of drug-likeness (QED) is 0.736. The van der Waals surface area contributed by atoms with Gasteiger partial charge in [0.2, 0.25) is 15.9 Å². The van der Waals surface area contributed by atoms with Gasteiger partial charge in [0.1, 0.15) is 5.54 Å². The molecule has 0 aromatic rings.